The van der Waals surface area contributed by atoms with Crippen molar-refractivity contribution in [3.05, 3.63) is 107 Å². The number of nitrogens with one attached hydrogen (secondary N) is 2. The van der Waals surface area contributed by atoms with Gasteiger partial charge in [-0.2, -0.15) is 0 Å². The topological polar surface area (TPSA) is 76.1 Å². The van der Waals surface area contributed by atoms with Crippen LogP contribution in [0.1, 0.15) is 28.5 Å². The van der Waals surface area contributed by atoms with Crippen molar-refractivity contribution < 1.29 is 13.9 Å². The number of carbonyl (C=O) groups excluding carboxylic acids is 1. The number of thioether (sulfide) groups is 1. The maximum absolute atomic E-state index is 14.4. The van der Waals surface area contributed by atoms with Gasteiger partial charge in [-0.25, -0.2) is 14.4 Å². The van der Waals surface area contributed by atoms with Gasteiger partial charge in [0.25, 0.3) is 5.91 Å². The molecule has 2 N–H and O–H groups in total. The summed E-state index contributed by atoms with van der Waals surface area (Å²) in [6, 6.07) is 19.2. The summed E-state index contributed by atoms with van der Waals surface area (Å²) in [6.45, 7) is 6.32. The first-order valence-corrected chi connectivity index (χ1v) is 12.7. The fraction of sp³-hybridized carbons (Fsp3) is 0.107. The molecule has 0 aliphatic rings. The minimum absolute atomic E-state index is 0.0807. The molecule has 0 unspecified atom stereocenters. The second kappa shape index (κ2) is 11.9. The molecule has 0 bridgehead atoms. The lowest BCUT2D eigenvalue weighted by Crippen LogP contribution is -2.17. The number of rotatable bonds is 9. The largest absolute Gasteiger partial charge is 0.497 e. The van der Waals surface area contributed by atoms with Gasteiger partial charge >= 0.3 is 0 Å². The fourth-order valence-corrected chi connectivity index (χ4v) is 4.61. The first-order valence-electron chi connectivity index (χ1n) is 11.4. The number of methoxy groups -OCH3 is 1. The number of nitrogens with zero attached hydrogens (tertiary/aromatic N) is 2. The Morgan fingerprint density at radius 3 is 2.54 bits per heavy atom. The quantitative estimate of drug-likeness (QED) is 0.217. The van der Waals surface area contributed by atoms with E-state index in [1.165, 1.54) is 24.4 Å². The van der Waals surface area contributed by atoms with Crippen molar-refractivity contribution in [3.63, 3.8) is 0 Å². The number of halogens is 2. The van der Waals surface area contributed by atoms with Crippen molar-refractivity contribution in [1.82, 2.24) is 9.97 Å². The van der Waals surface area contributed by atoms with Gasteiger partial charge in [0.2, 0.25) is 5.95 Å². The highest BCUT2D eigenvalue weighted by atomic mass is 35.5. The number of amides is 1. The third-order valence-corrected chi connectivity index (χ3v) is 6.65. The first kappa shape index (κ1) is 26.2. The van der Waals surface area contributed by atoms with Crippen molar-refractivity contribution in [2.45, 2.75) is 11.8 Å². The summed E-state index contributed by atoms with van der Waals surface area (Å²) in [4.78, 5) is 23.3. The molecule has 0 saturated heterocycles. The minimum atomic E-state index is -0.648. The van der Waals surface area contributed by atoms with Crippen LogP contribution in [0.3, 0.4) is 0 Å². The predicted octanol–water partition coefficient (Wildman–Crippen LogP) is 7.45. The number of benzene rings is 3. The Balaban J connectivity index is 1.75. The molecule has 37 heavy (non-hydrogen) atoms. The molecule has 1 amide bonds. The van der Waals surface area contributed by atoms with E-state index in [0.29, 0.717) is 17.0 Å². The molecule has 4 rings (SSSR count). The van der Waals surface area contributed by atoms with Crippen molar-refractivity contribution >= 4 is 52.2 Å². The van der Waals surface area contributed by atoms with E-state index in [2.05, 4.69) is 34.1 Å². The standard InChI is InChI=1S/C28H24ClFN4O2S/c1-4-37-24-11-6-5-8-20(24)17(2)25-21(27(35)33-26-22(29)9-7-10-23(26)30)16-31-28(34-25)32-18-12-14-19(36-3)15-13-18/h5-16H,2,4H2,1,3H3,(H,33,35)(H,31,32,34). The summed E-state index contributed by atoms with van der Waals surface area (Å²) < 4.78 is 19.6. The monoisotopic (exact) mass is 534 g/mol. The van der Waals surface area contributed by atoms with E-state index < -0.39 is 11.7 Å². The molecule has 0 aliphatic carbocycles. The van der Waals surface area contributed by atoms with Gasteiger partial charge in [-0.15, -0.1) is 11.8 Å². The van der Waals surface area contributed by atoms with Crippen LogP contribution in [-0.2, 0) is 0 Å². The van der Waals surface area contributed by atoms with Gasteiger partial charge in [0.15, 0.2) is 0 Å². The highest BCUT2D eigenvalue weighted by molar-refractivity contribution is 7.99. The summed E-state index contributed by atoms with van der Waals surface area (Å²) >= 11 is 7.78. The van der Waals surface area contributed by atoms with Gasteiger partial charge in [0.05, 0.1) is 29.1 Å². The van der Waals surface area contributed by atoms with Crippen LogP contribution < -0.4 is 15.4 Å². The Labute approximate surface area is 224 Å². The molecule has 0 spiro atoms. The van der Waals surface area contributed by atoms with E-state index in [0.717, 1.165) is 21.9 Å². The Kier molecular flexibility index (Phi) is 8.43. The lowest BCUT2D eigenvalue weighted by atomic mass is 10.0. The van der Waals surface area contributed by atoms with Gasteiger partial charge in [-0.1, -0.05) is 49.4 Å². The molecule has 1 heterocycles. The minimum Gasteiger partial charge on any atom is -0.497 e. The maximum atomic E-state index is 14.4. The Morgan fingerprint density at radius 2 is 1.84 bits per heavy atom. The highest BCUT2D eigenvalue weighted by Crippen LogP contribution is 2.33. The van der Waals surface area contributed by atoms with Crippen LogP contribution in [0.25, 0.3) is 5.57 Å². The number of hydrogen-bond acceptors (Lipinski definition) is 6. The smallest absolute Gasteiger partial charge is 0.259 e. The Bertz CT molecular complexity index is 1430. The van der Waals surface area contributed by atoms with Crippen LogP contribution in [0.5, 0.6) is 5.75 Å². The summed E-state index contributed by atoms with van der Waals surface area (Å²) in [5, 5.41) is 5.78. The molecular formula is C28H24ClFN4O2S. The van der Waals surface area contributed by atoms with E-state index in [4.69, 9.17) is 16.3 Å². The average molecular weight is 535 g/mol. The van der Waals surface area contributed by atoms with Crippen molar-refractivity contribution in [2.75, 3.05) is 23.5 Å². The van der Waals surface area contributed by atoms with Crippen LogP contribution in [0, 0.1) is 5.82 Å². The first-order chi connectivity index (χ1) is 17.9. The molecule has 9 heteroatoms. The molecule has 0 saturated carbocycles. The lowest BCUT2D eigenvalue weighted by molar-refractivity contribution is 0.102. The van der Waals surface area contributed by atoms with E-state index >= 15 is 0 Å². The summed E-state index contributed by atoms with van der Waals surface area (Å²) in [7, 11) is 1.59. The van der Waals surface area contributed by atoms with E-state index in [-0.39, 0.29) is 22.2 Å². The molecule has 0 aliphatic heterocycles. The van der Waals surface area contributed by atoms with Gasteiger partial charge in [0.1, 0.15) is 11.6 Å². The SMILES string of the molecule is C=C(c1ccccc1SCC)c1nc(Nc2ccc(OC)cc2)ncc1C(=O)Nc1c(F)cccc1Cl. The van der Waals surface area contributed by atoms with Crippen molar-refractivity contribution in [3.8, 4) is 5.75 Å². The molecule has 4 aromatic rings. The Morgan fingerprint density at radius 1 is 1.08 bits per heavy atom. The highest BCUT2D eigenvalue weighted by Gasteiger charge is 2.21. The molecule has 3 aromatic carbocycles. The number of carbonyl (C=O) groups is 1. The summed E-state index contributed by atoms with van der Waals surface area (Å²) in [6.07, 6.45) is 1.39. The van der Waals surface area contributed by atoms with Gasteiger partial charge in [-0.05, 0) is 53.8 Å². The normalized spacial score (nSPS) is 10.6. The fourth-order valence-electron chi connectivity index (χ4n) is 3.56. The zero-order valence-electron chi connectivity index (χ0n) is 20.2. The number of anilines is 3. The third-order valence-electron chi connectivity index (χ3n) is 5.38. The molecule has 0 atom stereocenters. The van der Waals surface area contributed by atoms with E-state index in [1.54, 1.807) is 31.0 Å². The summed E-state index contributed by atoms with van der Waals surface area (Å²) in [5.74, 6) is 0.577. The van der Waals surface area contributed by atoms with Crippen LogP contribution in [0.15, 0.2) is 84.4 Å². The third kappa shape index (κ3) is 6.10. The Hall–Kier alpha value is -3.88. The molecule has 188 valence electrons. The molecule has 1 aromatic heterocycles. The van der Waals surface area contributed by atoms with Crippen LogP contribution in [0.2, 0.25) is 5.02 Å². The van der Waals surface area contributed by atoms with E-state index in [1.807, 2.05) is 36.4 Å². The number of ether oxygens (including phenoxy) is 1. The number of aromatic nitrogens is 2. The molecule has 0 radical (unpaired) electrons. The van der Waals surface area contributed by atoms with Crippen molar-refractivity contribution in [2.24, 2.45) is 0 Å². The number of hydrogen-bond donors (Lipinski definition) is 2. The molecule has 6 nitrogen and oxygen atoms in total. The predicted molar refractivity (Wildman–Crippen MR) is 149 cm³/mol. The zero-order chi connectivity index (χ0) is 26.4. The molecular weight excluding hydrogens is 511 g/mol. The summed E-state index contributed by atoms with van der Waals surface area (Å²) in [5.41, 5.74) is 2.41. The van der Waals surface area contributed by atoms with Crippen molar-refractivity contribution in [1.29, 1.82) is 0 Å². The lowest BCUT2D eigenvalue weighted by Gasteiger charge is -2.16. The van der Waals surface area contributed by atoms with Crippen LogP contribution >= 0.6 is 23.4 Å². The molecule has 0 fully saturated rings. The van der Waals surface area contributed by atoms with Gasteiger partial charge in [-0.3, -0.25) is 4.79 Å². The second-order valence-corrected chi connectivity index (χ2v) is 9.48. The zero-order valence-corrected chi connectivity index (χ0v) is 21.8. The van der Waals surface area contributed by atoms with Crippen LogP contribution in [0.4, 0.5) is 21.7 Å². The van der Waals surface area contributed by atoms with Gasteiger partial charge in [0, 0.05) is 22.4 Å². The maximum Gasteiger partial charge on any atom is 0.259 e. The second-order valence-electron chi connectivity index (χ2n) is 7.77. The average Bonchev–Trinajstić information content (AvgIpc) is 2.91. The van der Waals surface area contributed by atoms with E-state index in [9.17, 15) is 9.18 Å². The van der Waals surface area contributed by atoms with Crippen LogP contribution in [-0.4, -0.2) is 28.7 Å². The van der Waals surface area contributed by atoms with Gasteiger partial charge < -0.3 is 15.4 Å². The number of para-hydroxylation sites is 1.